The van der Waals surface area contributed by atoms with Crippen LogP contribution in [0.2, 0.25) is 0 Å². The van der Waals surface area contributed by atoms with Crippen molar-refractivity contribution in [1.29, 1.82) is 0 Å². The Hall–Kier alpha value is -3.61. The zero-order valence-corrected chi connectivity index (χ0v) is 17.0. The summed E-state index contributed by atoms with van der Waals surface area (Å²) in [5, 5.41) is 7.23. The van der Waals surface area contributed by atoms with Crippen LogP contribution in [0, 0.1) is 13.8 Å². The predicted molar refractivity (Wildman–Crippen MR) is 111 cm³/mol. The summed E-state index contributed by atoms with van der Waals surface area (Å²) in [6.45, 7) is 4.00. The highest BCUT2D eigenvalue weighted by Crippen LogP contribution is 2.30. The molecule has 0 unspecified atom stereocenters. The molecule has 154 valence electrons. The van der Waals surface area contributed by atoms with Crippen molar-refractivity contribution in [1.82, 2.24) is 10.7 Å². The minimum Gasteiger partial charge on any atom is -0.469 e. The number of carbonyl (C=O) groups excluding carboxylic acids is 2. The fourth-order valence-corrected chi connectivity index (χ4v) is 3.65. The Kier molecular flexibility index (Phi) is 5.52. The molecule has 2 heterocycles. The van der Waals surface area contributed by atoms with Crippen molar-refractivity contribution in [3.05, 3.63) is 82.2 Å². The van der Waals surface area contributed by atoms with E-state index in [2.05, 4.69) is 15.8 Å². The summed E-state index contributed by atoms with van der Waals surface area (Å²) in [5.74, 6) is 0.971. The highest BCUT2D eigenvalue weighted by molar-refractivity contribution is 6.07. The first kappa shape index (κ1) is 19.7. The van der Waals surface area contributed by atoms with E-state index in [9.17, 15) is 9.59 Å². The number of carbonyl (C=O) groups is 2. The maximum Gasteiger partial charge on any atom is 0.287 e. The van der Waals surface area contributed by atoms with Gasteiger partial charge in [0.15, 0.2) is 5.76 Å². The van der Waals surface area contributed by atoms with Gasteiger partial charge in [-0.1, -0.05) is 30.3 Å². The highest BCUT2D eigenvalue weighted by atomic mass is 16.4. The van der Waals surface area contributed by atoms with E-state index < -0.39 is 0 Å². The van der Waals surface area contributed by atoms with Crippen molar-refractivity contribution in [3.63, 3.8) is 0 Å². The number of rotatable bonds is 5. The Morgan fingerprint density at radius 2 is 1.87 bits per heavy atom. The Bertz CT molecular complexity index is 1110. The van der Waals surface area contributed by atoms with Gasteiger partial charge < -0.3 is 14.2 Å². The number of fused-ring (bicyclic) bond motifs is 1. The molecular formula is C23H23N3O4. The highest BCUT2D eigenvalue weighted by Gasteiger charge is 2.28. The van der Waals surface area contributed by atoms with Gasteiger partial charge in [0.1, 0.15) is 11.5 Å². The van der Waals surface area contributed by atoms with E-state index in [4.69, 9.17) is 8.83 Å². The molecule has 7 nitrogen and oxygen atoms in total. The quantitative estimate of drug-likeness (QED) is 0.630. The summed E-state index contributed by atoms with van der Waals surface area (Å²) >= 11 is 0. The van der Waals surface area contributed by atoms with Gasteiger partial charge in [0, 0.05) is 24.1 Å². The number of aryl methyl sites for hydroxylation is 2. The van der Waals surface area contributed by atoms with Gasteiger partial charge in [-0.15, -0.1) is 0 Å². The van der Waals surface area contributed by atoms with Gasteiger partial charge in [0.05, 0.1) is 17.5 Å². The summed E-state index contributed by atoms with van der Waals surface area (Å²) < 4.78 is 11.1. The molecule has 1 aliphatic carbocycles. The van der Waals surface area contributed by atoms with Crippen molar-refractivity contribution < 1.29 is 18.4 Å². The van der Waals surface area contributed by atoms with Gasteiger partial charge in [0.25, 0.3) is 11.8 Å². The van der Waals surface area contributed by atoms with Crippen LogP contribution in [0.4, 0.5) is 0 Å². The number of hydrogen-bond acceptors (Lipinski definition) is 5. The smallest absolute Gasteiger partial charge is 0.287 e. The second-order valence-corrected chi connectivity index (χ2v) is 7.27. The largest absolute Gasteiger partial charge is 0.469 e. The van der Waals surface area contributed by atoms with E-state index in [0.717, 1.165) is 35.3 Å². The van der Waals surface area contributed by atoms with Crippen LogP contribution >= 0.6 is 0 Å². The SMILES string of the molecule is Cc1occc1C(=O)N/N=C1\CCCc2oc(C(=O)NCc3ccccc3)c(C)c21. The molecule has 1 aliphatic rings. The summed E-state index contributed by atoms with van der Waals surface area (Å²) in [4.78, 5) is 25.0. The lowest BCUT2D eigenvalue weighted by molar-refractivity contribution is 0.0919. The molecule has 0 saturated carbocycles. The van der Waals surface area contributed by atoms with Crippen LogP contribution in [0.5, 0.6) is 0 Å². The van der Waals surface area contributed by atoms with E-state index in [0.29, 0.717) is 35.8 Å². The second-order valence-electron chi connectivity index (χ2n) is 7.27. The first-order chi connectivity index (χ1) is 14.5. The number of amides is 2. The molecule has 0 atom stereocenters. The van der Waals surface area contributed by atoms with E-state index in [1.165, 1.54) is 6.26 Å². The third kappa shape index (κ3) is 3.91. The molecule has 7 heteroatoms. The fraction of sp³-hybridized carbons (Fsp3) is 0.261. The van der Waals surface area contributed by atoms with Gasteiger partial charge in [-0.05, 0) is 38.3 Å². The monoisotopic (exact) mass is 405 g/mol. The van der Waals surface area contributed by atoms with Gasteiger partial charge in [-0.3, -0.25) is 9.59 Å². The molecule has 2 aromatic heterocycles. The average Bonchev–Trinajstić information content (AvgIpc) is 3.34. The van der Waals surface area contributed by atoms with Gasteiger partial charge in [-0.25, -0.2) is 5.43 Å². The molecule has 0 spiro atoms. The summed E-state index contributed by atoms with van der Waals surface area (Å²) in [6.07, 6.45) is 3.74. The van der Waals surface area contributed by atoms with Crippen LogP contribution in [0.15, 0.2) is 56.6 Å². The minimum atomic E-state index is -0.331. The topological polar surface area (TPSA) is 96.8 Å². The molecule has 0 saturated heterocycles. The molecule has 0 radical (unpaired) electrons. The molecule has 0 bridgehead atoms. The van der Waals surface area contributed by atoms with Crippen molar-refractivity contribution >= 4 is 17.5 Å². The van der Waals surface area contributed by atoms with Crippen LogP contribution < -0.4 is 10.7 Å². The number of nitrogens with one attached hydrogen (secondary N) is 2. The second kappa shape index (κ2) is 8.41. The third-order valence-electron chi connectivity index (χ3n) is 5.22. The number of nitrogens with zero attached hydrogens (tertiary/aromatic N) is 1. The molecule has 1 aromatic carbocycles. The Morgan fingerprint density at radius 1 is 1.07 bits per heavy atom. The first-order valence-corrected chi connectivity index (χ1v) is 9.90. The minimum absolute atomic E-state index is 0.261. The number of benzene rings is 1. The van der Waals surface area contributed by atoms with Crippen LogP contribution in [0.1, 0.15) is 62.0 Å². The Balaban J connectivity index is 1.52. The van der Waals surface area contributed by atoms with Gasteiger partial charge in [-0.2, -0.15) is 5.10 Å². The van der Waals surface area contributed by atoms with Crippen molar-refractivity contribution in [3.8, 4) is 0 Å². The van der Waals surface area contributed by atoms with Crippen molar-refractivity contribution in [2.75, 3.05) is 0 Å². The summed E-state index contributed by atoms with van der Waals surface area (Å²) in [5.41, 5.74) is 6.32. The van der Waals surface area contributed by atoms with Gasteiger partial charge >= 0.3 is 0 Å². The van der Waals surface area contributed by atoms with E-state index >= 15 is 0 Å². The summed E-state index contributed by atoms with van der Waals surface area (Å²) in [7, 11) is 0. The molecule has 0 fully saturated rings. The lowest BCUT2D eigenvalue weighted by Crippen LogP contribution is -2.23. The number of hydrogen-bond donors (Lipinski definition) is 2. The number of hydrazone groups is 1. The Labute approximate surface area is 174 Å². The molecular weight excluding hydrogens is 382 g/mol. The lowest BCUT2D eigenvalue weighted by Gasteiger charge is -2.13. The summed E-state index contributed by atoms with van der Waals surface area (Å²) in [6, 6.07) is 11.3. The van der Waals surface area contributed by atoms with E-state index in [-0.39, 0.29) is 11.8 Å². The van der Waals surface area contributed by atoms with E-state index in [1.54, 1.807) is 13.0 Å². The van der Waals surface area contributed by atoms with Crippen molar-refractivity contribution in [2.24, 2.45) is 5.10 Å². The molecule has 2 amide bonds. The van der Waals surface area contributed by atoms with Crippen LogP contribution in [-0.2, 0) is 13.0 Å². The maximum atomic E-state index is 12.7. The average molecular weight is 405 g/mol. The number of furan rings is 2. The molecule has 4 rings (SSSR count). The zero-order chi connectivity index (χ0) is 21.1. The molecule has 0 aliphatic heterocycles. The maximum absolute atomic E-state index is 12.7. The first-order valence-electron chi connectivity index (χ1n) is 9.90. The molecule has 3 aromatic rings. The lowest BCUT2D eigenvalue weighted by atomic mass is 9.93. The molecule has 2 N–H and O–H groups in total. The van der Waals surface area contributed by atoms with Crippen molar-refractivity contribution in [2.45, 2.75) is 39.7 Å². The Morgan fingerprint density at radius 3 is 2.60 bits per heavy atom. The third-order valence-corrected chi connectivity index (χ3v) is 5.22. The fourth-order valence-electron chi connectivity index (χ4n) is 3.65. The molecule has 30 heavy (non-hydrogen) atoms. The van der Waals surface area contributed by atoms with Crippen LogP contribution in [0.3, 0.4) is 0 Å². The normalized spacial score (nSPS) is 14.4. The van der Waals surface area contributed by atoms with Crippen LogP contribution in [-0.4, -0.2) is 17.5 Å². The zero-order valence-electron chi connectivity index (χ0n) is 17.0. The predicted octanol–water partition coefficient (Wildman–Crippen LogP) is 3.89. The van der Waals surface area contributed by atoms with Gasteiger partial charge in [0.2, 0.25) is 0 Å². The van der Waals surface area contributed by atoms with Crippen LogP contribution in [0.25, 0.3) is 0 Å². The standard InChI is InChI=1S/C23H23N3O4/c1-14-20-18(25-26-22(27)17-11-12-29-15(17)2)9-6-10-19(20)30-21(14)23(28)24-13-16-7-4-3-5-8-16/h3-5,7-8,11-12H,6,9-10,13H2,1-2H3,(H,24,28)(H,26,27)/b25-18+. The van der Waals surface area contributed by atoms with E-state index in [1.807, 2.05) is 37.3 Å².